The monoisotopic (exact) mass is 428 g/mol. The highest BCUT2D eigenvalue weighted by atomic mass is 32.2. The third kappa shape index (κ3) is 4.83. The summed E-state index contributed by atoms with van der Waals surface area (Å²) in [7, 11) is 1.80. The first kappa shape index (κ1) is 20.8. The lowest BCUT2D eigenvalue weighted by Gasteiger charge is -2.21. The number of benzene rings is 2. The van der Waals surface area contributed by atoms with Crippen molar-refractivity contribution in [3.8, 4) is 0 Å². The number of carbonyl (C=O) groups excluding carboxylic acids is 2. The molecule has 0 aliphatic carbocycles. The second-order valence-electron chi connectivity index (χ2n) is 7.74. The van der Waals surface area contributed by atoms with E-state index in [0.29, 0.717) is 29.6 Å². The van der Waals surface area contributed by atoms with Gasteiger partial charge < -0.3 is 10.2 Å². The van der Waals surface area contributed by atoms with Gasteiger partial charge in [0.25, 0.3) is 5.91 Å². The van der Waals surface area contributed by atoms with Crippen LogP contribution in [-0.4, -0.2) is 42.1 Å². The fourth-order valence-corrected chi connectivity index (χ4v) is 4.63. The largest absolute Gasteiger partial charge is 0.342 e. The molecule has 0 aromatic heterocycles. The van der Waals surface area contributed by atoms with Crippen LogP contribution in [0.15, 0.2) is 47.4 Å². The van der Waals surface area contributed by atoms with Crippen molar-refractivity contribution in [2.75, 3.05) is 24.7 Å². The molecule has 2 aromatic carbocycles. The van der Waals surface area contributed by atoms with Crippen LogP contribution in [-0.2, 0) is 4.79 Å². The fourth-order valence-electron chi connectivity index (χ4n) is 3.84. The highest BCUT2D eigenvalue weighted by Gasteiger charge is 2.25. The molecule has 2 amide bonds. The van der Waals surface area contributed by atoms with Crippen molar-refractivity contribution in [2.24, 2.45) is 0 Å². The van der Waals surface area contributed by atoms with E-state index in [1.54, 1.807) is 18.0 Å². The van der Waals surface area contributed by atoms with Gasteiger partial charge in [-0.25, -0.2) is 4.39 Å². The minimum Gasteiger partial charge on any atom is -0.342 e. The first-order valence-corrected chi connectivity index (χ1v) is 11.1. The number of amides is 2. The Bertz CT molecular complexity index is 937. The SMILES string of the molecule is CN(CCCC1CC(c2ccc(F)cc2)NN1)C(=O)c1ccc2c(c1)NC(=O)CS2. The smallest absolute Gasteiger partial charge is 0.253 e. The number of halogens is 1. The Morgan fingerprint density at radius 2 is 2.00 bits per heavy atom. The molecule has 0 saturated carbocycles. The average Bonchev–Trinajstić information content (AvgIpc) is 3.22. The molecule has 1 saturated heterocycles. The summed E-state index contributed by atoms with van der Waals surface area (Å²) in [6.07, 6.45) is 2.72. The van der Waals surface area contributed by atoms with E-state index >= 15 is 0 Å². The van der Waals surface area contributed by atoms with E-state index in [1.807, 2.05) is 24.3 Å². The third-order valence-electron chi connectivity index (χ3n) is 5.51. The van der Waals surface area contributed by atoms with Gasteiger partial charge in [-0.2, -0.15) is 0 Å². The molecule has 2 unspecified atom stereocenters. The summed E-state index contributed by atoms with van der Waals surface area (Å²) in [6.45, 7) is 0.649. The van der Waals surface area contributed by atoms with Crippen LogP contribution in [0.2, 0.25) is 0 Å². The fraction of sp³-hybridized carbons (Fsp3) is 0.364. The van der Waals surface area contributed by atoms with E-state index in [9.17, 15) is 14.0 Å². The Hall–Kier alpha value is -2.42. The van der Waals surface area contributed by atoms with Gasteiger partial charge >= 0.3 is 0 Å². The summed E-state index contributed by atoms with van der Waals surface area (Å²) in [5, 5.41) is 2.83. The molecule has 0 radical (unpaired) electrons. The molecule has 8 heteroatoms. The molecular formula is C22H25FN4O2S. The molecular weight excluding hydrogens is 403 g/mol. The summed E-state index contributed by atoms with van der Waals surface area (Å²) >= 11 is 1.48. The third-order valence-corrected chi connectivity index (χ3v) is 6.58. The zero-order valence-electron chi connectivity index (χ0n) is 16.8. The van der Waals surface area contributed by atoms with Gasteiger partial charge in [-0.1, -0.05) is 12.1 Å². The first-order chi connectivity index (χ1) is 14.5. The summed E-state index contributed by atoms with van der Waals surface area (Å²) in [6, 6.07) is 12.5. The van der Waals surface area contributed by atoms with Crippen LogP contribution in [0, 0.1) is 5.82 Å². The number of hydrazine groups is 1. The van der Waals surface area contributed by atoms with Crippen LogP contribution in [0.3, 0.4) is 0 Å². The number of nitrogens with one attached hydrogen (secondary N) is 3. The maximum absolute atomic E-state index is 13.1. The summed E-state index contributed by atoms with van der Waals surface area (Å²) in [4.78, 5) is 27.0. The van der Waals surface area contributed by atoms with Crippen LogP contribution in [0.25, 0.3) is 0 Å². The molecule has 2 aromatic rings. The number of thioether (sulfide) groups is 1. The zero-order valence-corrected chi connectivity index (χ0v) is 17.6. The first-order valence-electron chi connectivity index (χ1n) is 10.1. The molecule has 2 aliphatic rings. The van der Waals surface area contributed by atoms with Crippen molar-refractivity contribution >= 4 is 29.3 Å². The van der Waals surface area contributed by atoms with Crippen LogP contribution in [0.1, 0.15) is 41.2 Å². The van der Waals surface area contributed by atoms with Crippen molar-refractivity contribution < 1.29 is 14.0 Å². The normalized spacial score (nSPS) is 20.5. The van der Waals surface area contributed by atoms with Gasteiger partial charge in [-0.3, -0.25) is 20.4 Å². The van der Waals surface area contributed by atoms with E-state index in [-0.39, 0.29) is 23.7 Å². The molecule has 2 heterocycles. The molecule has 30 heavy (non-hydrogen) atoms. The lowest BCUT2D eigenvalue weighted by atomic mass is 9.99. The number of nitrogens with zero attached hydrogens (tertiary/aromatic N) is 1. The topological polar surface area (TPSA) is 73.5 Å². The molecule has 1 fully saturated rings. The number of hydrogen-bond donors (Lipinski definition) is 3. The van der Waals surface area contributed by atoms with Crippen molar-refractivity contribution in [1.29, 1.82) is 0 Å². The predicted octanol–water partition coefficient (Wildman–Crippen LogP) is 3.33. The van der Waals surface area contributed by atoms with E-state index in [2.05, 4.69) is 16.2 Å². The Balaban J connectivity index is 1.25. The molecule has 2 atom stereocenters. The van der Waals surface area contributed by atoms with Gasteiger partial charge in [0.1, 0.15) is 5.82 Å². The summed E-state index contributed by atoms with van der Waals surface area (Å²) in [5.41, 5.74) is 8.93. The summed E-state index contributed by atoms with van der Waals surface area (Å²) in [5.74, 6) is 0.0899. The molecule has 0 spiro atoms. The van der Waals surface area contributed by atoms with Gasteiger partial charge in [0.15, 0.2) is 0 Å². The van der Waals surface area contributed by atoms with Crippen LogP contribution < -0.4 is 16.2 Å². The van der Waals surface area contributed by atoms with E-state index in [0.717, 1.165) is 29.7 Å². The Kier molecular flexibility index (Phi) is 6.36. The molecule has 0 bridgehead atoms. The average molecular weight is 429 g/mol. The Morgan fingerprint density at radius 3 is 2.80 bits per heavy atom. The molecule has 4 rings (SSSR count). The summed E-state index contributed by atoms with van der Waals surface area (Å²) < 4.78 is 13.1. The maximum atomic E-state index is 13.1. The van der Waals surface area contributed by atoms with E-state index in [1.165, 1.54) is 23.9 Å². The van der Waals surface area contributed by atoms with Gasteiger partial charge in [0.2, 0.25) is 5.91 Å². The zero-order chi connectivity index (χ0) is 21.1. The highest BCUT2D eigenvalue weighted by Crippen LogP contribution is 2.32. The number of rotatable bonds is 6. The van der Waals surface area contributed by atoms with Crippen molar-refractivity contribution in [1.82, 2.24) is 15.8 Å². The van der Waals surface area contributed by atoms with Crippen molar-refractivity contribution in [3.05, 3.63) is 59.4 Å². The van der Waals surface area contributed by atoms with Crippen molar-refractivity contribution in [2.45, 2.75) is 36.2 Å². The lowest BCUT2D eigenvalue weighted by Crippen LogP contribution is -2.32. The van der Waals surface area contributed by atoms with Crippen LogP contribution in [0.5, 0.6) is 0 Å². The number of fused-ring (bicyclic) bond motifs is 1. The number of hydrogen-bond acceptors (Lipinski definition) is 5. The van der Waals surface area contributed by atoms with E-state index < -0.39 is 0 Å². The Morgan fingerprint density at radius 1 is 1.20 bits per heavy atom. The number of carbonyl (C=O) groups is 2. The van der Waals surface area contributed by atoms with Gasteiger partial charge in [0.05, 0.1) is 11.4 Å². The molecule has 158 valence electrons. The maximum Gasteiger partial charge on any atom is 0.253 e. The quantitative estimate of drug-likeness (QED) is 0.658. The second-order valence-corrected chi connectivity index (χ2v) is 8.76. The standard InChI is InChI=1S/C22H25FN4O2S/c1-27(22(29)15-6-9-20-19(11-15)24-21(28)13-30-20)10-2-3-17-12-18(26-25-17)14-4-7-16(23)8-5-14/h4-9,11,17-18,25-26H,2-3,10,12-13H2,1H3,(H,24,28). The van der Waals surface area contributed by atoms with Crippen LogP contribution >= 0.6 is 11.8 Å². The van der Waals surface area contributed by atoms with E-state index in [4.69, 9.17) is 0 Å². The minimum atomic E-state index is -0.228. The van der Waals surface area contributed by atoms with Crippen LogP contribution in [0.4, 0.5) is 10.1 Å². The van der Waals surface area contributed by atoms with Crippen molar-refractivity contribution in [3.63, 3.8) is 0 Å². The van der Waals surface area contributed by atoms with Gasteiger partial charge in [-0.05, 0) is 55.2 Å². The molecule has 3 N–H and O–H groups in total. The second kappa shape index (κ2) is 9.16. The minimum absolute atomic E-state index is 0.0398. The predicted molar refractivity (Wildman–Crippen MR) is 116 cm³/mol. The lowest BCUT2D eigenvalue weighted by molar-refractivity contribution is -0.113. The Labute approximate surface area is 179 Å². The highest BCUT2D eigenvalue weighted by molar-refractivity contribution is 8.00. The molecule has 2 aliphatic heterocycles. The van der Waals surface area contributed by atoms with Gasteiger partial charge in [0, 0.05) is 36.1 Å². The number of anilines is 1. The molecule has 6 nitrogen and oxygen atoms in total. The van der Waals surface area contributed by atoms with Gasteiger partial charge in [-0.15, -0.1) is 11.8 Å².